The summed E-state index contributed by atoms with van der Waals surface area (Å²) >= 11 is 17.3. The van der Waals surface area contributed by atoms with Crippen LogP contribution in [0.3, 0.4) is 0 Å². The van der Waals surface area contributed by atoms with Gasteiger partial charge in [-0.15, -0.1) is 0 Å². The lowest BCUT2D eigenvalue weighted by Crippen LogP contribution is -2.32. The molecule has 35 heavy (non-hydrogen) atoms. The van der Waals surface area contributed by atoms with Gasteiger partial charge in [-0.3, -0.25) is 10.1 Å². The molecule has 0 bridgehead atoms. The Hall–Kier alpha value is -3.19. The minimum Gasteiger partial charge on any atom is -0.436 e. The van der Waals surface area contributed by atoms with Crippen LogP contribution in [-0.2, 0) is 4.79 Å². The molecule has 2 N–H and O–H groups in total. The van der Waals surface area contributed by atoms with Crippen molar-refractivity contribution in [1.82, 2.24) is 10.3 Å². The van der Waals surface area contributed by atoms with Crippen LogP contribution < -0.4 is 10.6 Å². The highest BCUT2D eigenvalue weighted by atomic mass is 35.5. The second kappa shape index (κ2) is 11.0. The lowest BCUT2D eigenvalue weighted by Gasteiger charge is -2.09. The molecule has 4 rings (SSSR count). The number of amides is 1. The van der Waals surface area contributed by atoms with E-state index in [1.807, 2.05) is 30.3 Å². The van der Waals surface area contributed by atoms with Gasteiger partial charge in [0.1, 0.15) is 5.52 Å². The number of nitrogens with zero attached hydrogens (tertiary/aromatic N) is 1. The summed E-state index contributed by atoms with van der Waals surface area (Å²) in [4.78, 5) is 16.9. The molecule has 0 aliphatic carbocycles. The number of oxazole rings is 1. The monoisotopic (exact) mass is 523 g/mol. The second-order valence-electron chi connectivity index (χ2n) is 8.08. The molecule has 0 saturated carbocycles. The first kappa shape index (κ1) is 24.9. The van der Waals surface area contributed by atoms with E-state index in [0.29, 0.717) is 33.1 Å². The predicted octanol–water partition coefficient (Wildman–Crippen LogP) is 7.84. The summed E-state index contributed by atoms with van der Waals surface area (Å²) in [6.07, 6.45) is 4.01. The fourth-order valence-corrected chi connectivity index (χ4v) is 4.15. The fourth-order valence-electron chi connectivity index (χ4n) is 3.46. The van der Waals surface area contributed by atoms with Crippen molar-refractivity contribution in [2.24, 2.45) is 0 Å². The van der Waals surface area contributed by atoms with Crippen molar-refractivity contribution >= 4 is 69.3 Å². The third-order valence-electron chi connectivity index (χ3n) is 5.57. The molecule has 1 aromatic heterocycles. The Bertz CT molecular complexity index is 1430. The topological polar surface area (TPSA) is 67.2 Å². The molecular formula is C27H23Cl2N3O2S. The van der Waals surface area contributed by atoms with Gasteiger partial charge < -0.3 is 9.73 Å². The molecule has 0 aliphatic heterocycles. The van der Waals surface area contributed by atoms with Crippen molar-refractivity contribution in [2.45, 2.75) is 26.2 Å². The first-order chi connectivity index (χ1) is 16.8. The largest absolute Gasteiger partial charge is 0.436 e. The van der Waals surface area contributed by atoms with E-state index in [1.54, 1.807) is 24.3 Å². The maximum absolute atomic E-state index is 12.3. The van der Waals surface area contributed by atoms with Crippen molar-refractivity contribution in [3.63, 3.8) is 0 Å². The van der Waals surface area contributed by atoms with Gasteiger partial charge in [-0.05, 0) is 84.2 Å². The smallest absolute Gasteiger partial charge is 0.250 e. The number of halogens is 2. The predicted molar refractivity (Wildman–Crippen MR) is 148 cm³/mol. The van der Waals surface area contributed by atoms with E-state index in [0.717, 1.165) is 23.1 Å². The van der Waals surface area contributed by atoms with E-state index in [1.165, 1.54) is 11.6 Å². The summed E-state index contributed by atoms with van der Waals surface area (Å²) in [7, 11) is 0. The van der Waals surface area contributed by atoms with Crippen molar-refractivity contribution in [3.05, 3.63) is 87.9 Å². The molecule has 0 spiro atoms. The van der Waals surface area contributed by atoms with Gasteiger partial charge in [0, 0.05) is 27.4 Å². The summed E-state index contributed by atoms with van der Waals surface area (Å²) in [6, 6.07) is 18.6. The number of aromatic nitrogens is 1. The Morgan fingerprint density at radius 1 is 1.14 bits per heavy atom. The SMILES string of the molecule is CC[C@H](C)c1ccc2oc(-c3cccc(NC(=S)NC(=O)/C=C/c4ccc(Cl)cc4Cl)c3)nc2c1. The van der Waals surface area contributed by atoms with E-state index in [2.05, 4.69) is 41.6 Å². The first-order valence-corrected chi connectivity index (χ1v) is 12.2. The van der Waals surface area contributed by atoms with Gasteiger partial charge in [-0.2, -0.15) is 0 Å². The Morgan fingerprint density at radius 3 is 2.74 bits per heavy atom. The maximum Gasteiger partial charge on any atom is 0.250 e. The Kier molecular flexibility index (Phi) is 7.86. The summed E-state index contributed by atoms with van der Waals surface area (Å²) < 4.78 is 5.97. The van der Waals surface area contributed by atoms with Gasteiger partial charge in [0.05, 0.1) is 0 Å². The molecule has 3 aromatic carbocycles. The molecular weight excluding hydrogens is 501 g/mol. The number of carbonyl (C=O) groups is 1. The minimum atomic E-state index is -0.388. The van der Waals surface area contributed by atoms with E-state index in [9.17, 15) is 4.79 Å². The molecule has 0 aliphatic rings. The van der Waals surface area contributed by atoms with E-state index in [4.69, 9.17) is 39.8 Å². The number of hydrogen-bond donors (Lipinski definition) is 2. The van der Waals surface area contributed by atoms with Crippen molar-refractivity contribution in [1.29, 1.82) is 0 Å². The van der Waals surface area contributed by atoms with Gasteiger partial charge in [-0.1, -0.05) is 55.2 Å². The summed E-state index contributed by atoms with van der Waals surface area (Å²) in [5.74, 6) is 0.588. The lowest BCUT2D eigenvalue weighted by molar-refractivity contribution is -0.115. The van der Waals surface area contributed by atoms with Gasteiger partial charge in [0.15, 0.2) is 10.7 Å². The van der Waals surface area contributed by atoms with Gasteiger partial charge in [0.2, 0.25) is 11.8 Å². The zero-order chi connectivity index (χ0) is 24.9. The normalized spacial score (nSPS) is 12.1. The molecule has 4 aromatic rings. The number of hydrogen-bond acceptors (Lipinski definition) is 4. The highest BCUT2D eigenvalue weighted by molar-refractivity contribution is 7.80. The molecule has 0 saturated heterocycles. The van der Waals surface area contributed by atoms with Crippen LogP contribution in [0, 0.1) is 0 Å². The number of anilines is 1. The number of carbonyl (C=O) groups excluding carboxylic acids is 1. The molecule has 1 amide bonds. The van der Waals surface area contributed by atoms with Crippen LogP contribution in [0.5, 0.6) is 0 Å². The molecule has 1 heterocycles. The molecule has 0 unspecified atom stereocenters. The van der Waals surface area contributed by atoms with Crippen LogP contribution in [0.4, 0.5) is 5.69 Å². The Balaban J connectivity index is 1.43. The van der Waals surface area contributed by atoms with Crippen LogP contribution in [0.1, 0.15) is 37.3 Å². The van der Waals surface area contributed by atoms with Crippen molar-refractivity contribution < 1.29 is 9.21 Å². The van der Waals surface area contributed by atoms with Gasteiger partial charge in [0.25, 0.3) is 0 Å². The standard InChI is InChI=1S/C27H23Cl2N3O2S/c1-3-16(2)18-8-11-24-23(14-18)31-26(34-24)19-5-4-6-21(13-19)30-27(35)32-25(33)12-9-17-7-10-20(28)15-22(17)29/h4-16H,3H2,1-2H3,(H2,30,32,33,35)/b12-9+/t16-/m0/s1. The number of fused-ring (bicyclic) bond motifs is 1. The highest BCUT2D eigenvalue weighted by Crippen LogP contribution is 2.29. The third kappa shape index (κ3) is 6.28. The lowest BCUT2D eigenvalue weighted by atomic mass is 9.98. The van der Waals surface area contributed by atoms with Crippen molar-refractivity contribution in [3.8, 4) is 11.5 Å². The zero-order valence-electron chi connectivity index (χ0n) is 19.1. The van der Waals surface area contributed by atoms with Crippen LogP contribution in [0.15, 0.2) is 71.2 Å². The number of benzene rings is 3. The number of rotatable bonds is 6. The maximum atomic E-state index is 12.3. The third-order valence-corrected chi connectivity index (χ3v) is 6.34. The quantitative estimate of drug-likeness (QED) is 0.199. The van der Waals surface area contributed by atoms with Gasteiger partial charge >= 0.3 is 0 Å². The van der Waals surface area contributed by atoms with Crippen LogP contribution >= 0.6 is 35.4 Å². The Labute approximate surface area is 219 Å². The van der Waals surface area contributed by atoms with E-state index in [-0.39, 0.29) is 11.0 Å². The average Bonchev–Trinajstić information content (AvgIpc) is 3.26. The second-order valence-corrected chi connectivity index (χ2v) is 9.33. The molecule has 8 heteroatoms. The number of thiocarbonyl (C=S) groups is 1. The van der Waals surface area contributed by atoms with E-state index >= 15 is 0 Å². The van der Waals surface area contributed by atoms with Crippen LogP contribution in [0.25, 0.3) is 28.6 Å². The fraction of sp³-hybridized carbons (Fsp3) is 0.148. The summed E-state index contributed by atoms with van der Waals surface area (Å²) in [6.45, 7) is 4.36. The average molecular weight is 524 g/mol. The molecule has 1 atom stereocenters. The molecule has 178 valence electrons. The summed E-state index contributed by atoms with van der Waals surface area (Å²) in [5.41, 5.74) is 4.96. The highest BCUT2D eigenvalue weighted by Gasteiger charge is 2.12. The van der Waals surface area contributed by atoms with Crippen LogP contribution in [0.2, 0.25) is 10.0 Å². The van der Waals surface area contributed by atoms with E-state index < -0.39 is 0 Å². The first-order valence-electron chi connectivity index (χ1n) is 11.1. The Morgan fingerprint density at radius 2 is 1.97 bits per heavy atom. The molecule has 5 nitrogen and oxygen atoms in total. The van der Waals surface area contributed by atoms with Crippen LogP contribution in [-0.4, -0.2) is 16.0 Å². The van der Waals surface area contributed by atoms with Crippen molar-refractivity contribution in [2.75, 3.05) is 5.32 Å². The number of nitrogens with one attached hydrogen (secondary N) is 2. The van der Waals surface area contributed by atoms with Gasteiger partial charge in [-0.25, -0.2) is 4.98 Å². The molecule has 0 fully saturated rings. The zero-order valence-corrected chi connectivity index (χ0v) is 21.5. The molecule has 0 radical (unpaired) electrons. The minimum absolute atomic E-state index is 0.162. The summed E-state index contributed by atoms with van der Waals surface area (Å²) in [5, 5.41) is 6.78.